The molecule has 33 heavy (non-hydrogen) atoms. The Balaban J connectivity index is 1.82. The Morgan fingerprint density at radius 3 is 2.39 bits per heavy atom. The van der Waals surface area contributed by atoms with Crippen LogP contribution in [0.25, 0.3) is 10.9 Å². The lowest BCUT2D eigenvalue weighted by Crippen LogP contribution is -2.10. The Hall–Kier alpha value is -3.90. The van der Waals surface area contributed by atoms with Gasteiger partial charge in [-0.2, -0.15) is 0 Å². The molecule has 0 aliphatic rings. The van der Waals surface area contributed by atoms with E-state index >= 15 is 0 Å². The molecule has 168 valence electrons. The van der Waals surface area contributed by atoms with E-state index in [-0.39, 0.29) is 5.88 Å². The van der Waals surface area contributed by atoms with Crippen molar-refractivity contribution in [3.8, 4) is 5.88 Å². The van der Waals surface area contributed by atoms with Crippen molar-refractivity contribution < 1.29 is 14.6 Å². The molecule has 0 fully saturated rings. The summed E-state index contributed by atoms with van der Waals surface area (Å²) in [4.78, 5) is 22.2. The van der Waals surface area contributed by atoms with Crippen LogP contribution in [0.2, 0.25) is 0 Å². The van der Waals surface area contributed by atoms with Crippen LogP contribution in [0.15, 0.2) is 77.8 Å². The van der Waals surface area contributed by atoms with Crippen LogP contribution in [-0.2, 0) is 11.3 Å². The van der Waals surface area contributed by atoms with Gasteiger partial charge in [0, 0.05) is 23.0 Å². The maximum Gasteiger partial charge on any atom is 0.338 e. The zero-order chi connectivity index (χ0) is 23.4. The third-order valence-corrected chi connectivity index (χ3v) is 5.25. The highest BCUT2D eigenvalue weighted by atomic mass is 16.5. The third-order valence-electron chi connectivity index (χ3n) is 5.25. The molecule has 0 atom stereocenters. The fourth-order valence-corrected chi connectivity index (χ4v) is 3.80. The quantitative estimate of drug-likeness (QED) is 0.302. The van der Waals surface area contributed by atoms with Gasteiger partial charge in [-0.05, 0) is 50.8 Å². The molecule has 4 aromatic rings. The summed E-state index contributed by atoms with van der Waals surface area (Å²) in [6.45, 7) is 2.92. The lowest BCUT2D eigenvalue weighted by atomic mass is 10.00. The number of nitrogens with one attached hydrogen (secondary N) is 1. The molecule has 2 N–H and O–H groups in total. The number of H-pyrrole nitrogens is 1. The molecule has 0 saturated heterocycles. The number of aromatic amines is 1. The fourth-order valence-electron chi connectivity index (χ4n) is 3.80. The van der Waals surface area contributed by atoms with E-state index in [0.29, 0.717) is 29.0 Å². The van der Waals surface area contributed by atoms with Crippen molar-refractivity contribution >= 4 is 28.3 Å². The Bertz CT molecular complexity index is 1290. The highest BCUT2D eigenvalue weighted by Crippen LogP contribution is 2.32. The van der Waals surface area contributed by atoms with Crippen LogP contribution in [0.5, 0.6) is 5.88 Å². The maximum absolute atomic E-state index is 12.1. The summed E-state index contributed by atoms with van der Waals surface area (Å²) < 4.78 is 5.10. The first-order valence-electron chi connectivity index (χ1n) is 10.9. The molecule has 0 bridgehead atoms. The number of ether oxygens (including phenoxy) is 1. The van der Waals surface area contributed by atoms with Crippen molar-refractivity contribution in [1.29, 1.82) is 0 Å². The molecule has 1 aromatic heterocycles. The normalized spacial score (nSPS) is 11.8. The Morgan fingerprint density at radius 2 is 1.73 bits per heavy atom. The summed E-state index contributed by atoms with van der Waals surface area (Å²) in [6, 6.07) is 23.0. The van der Waals surface area contributed by atoms with Gasteiger partial charge in [0.2, 0.25) is 0 Å². The minimum atomic E-state index is -0.398. The van der Waals surface area contributed by atoms with Gasteiger partial charge in [0.25, 0.3) is 0 Å². The molecule has 0 aliphatic heterocycles. The molecule has 1 heterocycles. The second-order valence-corrected chi connectivity index (χ2v) is 8.06. The van der Waals surface area contributed by atoms with Crippen LogP contribution in [0.1, 0.15) is 34.0 Å². The molecule has 3 aromatic carbocycles. The van der Waals surface area contributed by atoms with Crippen molar-refractivity contribution in [2.24, 2.45) is 4.99 Å². The predicted octanol–water partition coefficient (Wildman–Crippen LogP) is 5.28. The average molecular weight is 442 g/mol. The monoisotopic (exact) mass is 441 g/mol. The second-order valence-electron chi connectivity index (χ2n) is 8.06. The van der Waals surface area contributed by atoms with Gasteiger partial charge in [-0.3, -0.25) is 0 Å². The van der Waals surface area contributed by atoms with Gasteiger partial charge in [-0.25, -0.2) is 9.79 Å². The Kier molecular flexibility index (Phi) is 6.56. The van der Waals surface area contributed by atoms with Crippen LogP contribution in [-0.4, -0.2) is 47.4 Å². The van der Waals surface area contributed by atoms with Crippen LogP contribution < -0.4 is 0 Å². The van der Waals surface area contributed by atoms with Gasteiger partial charge < -0.3 is 19.7 Å². The van der Waals surface area contributed by atoms with E-state index in [1.165, 1.54) is 5.56 Å². The van der Waals surface area contributed by atoms with E-state index in [9.17, 15) is 9.90 Å². The van der Waals surface area contributed by atoms with Crippen LogP contribution >= 0.6 is 0 Å². The zero-order valence-electron chi connectivity index (χ0n) is 19.0. The maximum atomic E-state index is 12.1. The number of nitrogens with zero attached hydrogens (tertiary/aromatic N) is 2. The minimum Gasteiger partial charge on any atom is -0.494 e. The summed E-state index contributed by atoms with van der Waals surface area (Å²) in [7, 11) is 4.07. The summed E-state index contributed by atoms with van der Waals surface area (Å²) >= 11 is 0. The molecule has 0 spiro atoms. The predicted molar refractivity (Wildman–Crippen MR) is 131 cm³/mol. The van der Waals surface area contributed by atoms with Gasteiger partial charge in [0.05, 0.1) is 29.1 Å². The van der Waals surface area contributed by atoms with Gasteiger partial charge in [0.15, 0.2) is 5.88 Å². The Morgan fingerprint density at radius 1 is 1.00 bits per heavy atom. The van der Waals surface area contributed by atoms with Crippen LogP contribution in [0.4, 0.5) is 5.69 Å². The molecular formula is C27H27N3O3. The van der Waals surface area contributed by atoms with Gasteiger partial charge in [-0.15, -0.1) is 0 Å². The molecular weight excluding hydrogens is 414 g/mol. The Labute approximate surface area is 193 Å². The largest absolute Gasteiger partial charge is 0.494 e. The third kappa shape index (κ3) is 4.96. The van der Waals surface area contributed by atoms with Crippen molar-refractivity contribution in [3.63, 3.8) is 0 Å². The van der Waals surface area contributed by atoms with E-state index in [2.05, 4.69) is 22.0 Å². The number of fused-ring (bicyclic) bond motifs is 1. The fraction of sp³-hybridized carbons (Fsp3) is 0.185. The minimum absolute atomic E-state index is 0.00200. The SMILES string of the molecule is CCOC(=O)c1ccc2c(C(=Nc3ccc(CN(C)C)cc3)c3ccccc3)c(O)[nH]c2c1. The number of aromatic hydroxyl groups is 1. The molecule has 6 heteroatoms. The van der Waals surface area contributed by atoms with Crippen molar-refractivity contribution in [3.05, 3.63) is 95.1 Å². The number of benzene rings is 3. The van der Waals surface area contributed by atoms with Gasteiger partial charge >= 0.3 is 5.97 Å². The molecule has 0 aliphatic carbocycles. The van der Waals surface area contributed by atoms with Crippen molar-refractivity contribution in [2.45, 2.75) is 13.5 Å². The van der Waals surface area contributed by atoms with E-state index in [1.807, 2.05) is 62.6 Å². The molecule has 0 saturated carbocycles. The summed E-state index contributed by atoms with van der Waals surface area (Å²) in [5.41, 5.74) is 5.15. The molecule has 0 radical (unpaired) electrons. The zero-order valence-corrected chi connectivity index (χ0v) is 19.0. The summed E-state index contributed by atoms with van der Waals surface area (Å²) in [5.74, 6) is -0.400. The number of hydrogen-bond donors (Lipinski definition) is 2. The second kappa shape index (κ2) is 9.71. The van der Waals surface area contributed by atoms with E-state index in [1.54, 1.807) is 19.1 Å². The standard InChI is InChI=1S/C27H27N3O3/c1-4-33-27(32)20-12-15-22-23(16-20)29-26(31)24(22)25(19-8-6-5-7-9-19)28-21-13-10-18(11-14-21)17-30(2)3/h5-16,29,31H,4,17H2,1-3H3. The number of esters is 1. The summed E-state index contributed by atoms with van der Waals surface area (Å²) in [5, 5.41) is 11.6. The number of aliphatic imine (C=N–C) groups is 1. The number of aromatic nitrogens is 1. The average Bonchev–Trinajstić information content (AvgIpc) is 3.13. The molecule has 6 nitrogen and oxygen atoms in total. The smallest absolute Gasteiger partial charge is 0.338 e. The number of rotatable bonds is 7. The van der Waals surface area contributed by atoms with E-state index in [0.717, 1.165) is 23.2 Å². The highest BCUT2D eigenvalue weighted by molar-refractivity contribution is 6.22. The first-order valence-corrected chi connectivity index (χ1v) is 10.9. The van der Waals surface area contributed by atoms with Crippen LogP contribution in [0, 0.1) is 0 Å². The molecule has 0 amide bonds. The van der Waals surface area contributed by atoms with Crippen molar-refractivity contribution in [2.75, 3.05) is 20.7 Å². The lowest BCUT2D eigenvalue weighted by molar-refractivity contribution is 0.0526. The number of carbonyl (C=O) groups excluding carboxylic acids is 1. The van der Waals surface area contributed by atoms with Gasteiger partial charge in [-0.1, -0.05) is 48.5 Å². The first-order chi connectivity index (χ1) is 16.0. The topological polar surface area (TPSA) is 77.9 Å². The number of carbonyl (C=O) groups is 1. The summed E-state index contributed by atoms with van der Waals surface area (Å²) in [6.07, 6.45) is 0. The molecule has 4 rings (SSSR count). The van der Waals surface area contributed by atoms with E-state index in [4.69, 9.17) is 9.73 Å². The first kappa shape index (κ1) is 22.3. The van der Waals surface area contributed by atoms with E-state index < -0.39 is 5.97 Å². The van der Waals surface area contributed by atoms with Crippen molar-refractivity contribution in [1.82, 2.24) is 9.88 Å². The highest BCUT2D eigenvalue weighted by Gasteiger charge is 2.20. The van der Waals surface area contributed by atoms with Gasteiger partial charge in [0.1, 0.15) is 0 Å². The number of hydrogen-bond acceptors (Lipinski definition) is 5. The lowest BCUT2D eigenvalue weighted by Gasteiger charge is -2.10. The van der Waals surface area contributed by atoms with Crippen LogP contribution in [0.3, 0.4) is 0 Å². The molecule has 0 unspecified atom stereocenters.